The van der Waals surface area contributed by atoms with Crippen molar-refractivity contribution in [3.63, 3.8) is 0 Å². The number of nitrogens with zero attached hydrogens (tertiary/aromatic N) is 1. The fourth-order valence-electron chi connectivity index (χ4n) is 3.90. The third kappa shape index (κ3) is 2.69. The average Bonchev–Trinajstić information content (AvgIpc) is 2.64. The fourth-order valence-corrected chi connectivity index (χ4v) is 3.90. The molecule has 0 saturated heterocycles. The molecule has 132 valence electrons. The quantitative estimate of drug-likeness (QED) is 0.337. The van der Waals surface area contributed by atoms with Crippen molar-refractivity contribution in [2.24, 2.45) is 0 Å². The van der Waals surface area contributed by atoms with Crippen molar-refractivity contribution in [3.8, 4) is 17.2 Å². The van der Waals surface area contributed by atoms with Crippen LogP contribution in [-0.2, 0) is 0 Å². The van der Waals surface area contributed by atoms with E-state index in [2.05, 4.69) is 89.2 Å². The second-order valence-corrected chi connectivity index (χ2v) is 7.69. The van der Waals surface area contributed by atoms with E-state index in [1.165, 1.54) is 38.9 Å². The number of aryl methyl sites for hydroxylation is 5. The molecule has 0 aromatic heterocycles. The highest BCUT2D eigenvalue weighted by Gasteiger charge is 2.17. The molecule has 4 rings (SSSR count). The van der Waals surface area contributed by atoms with E-state index in [-0.39, 0.29) is 0 Å². The lowest BCUT2D eigenvalue weighted by molar-refractivity contribution is 1.35. The molecule has 4 aromatic rings. The first-order valence-electron chi connectivity index (χ1n) is 9.35. The van der Waals surface area contributed by atoms with Crippen LogP contribution in [0.3, 0.4) is 0 Å². The van der Waals surface area contributed by atoms with E-state index in [0.29, 0.717) is 0 Å². The maximum Gasteiger partial charge on any atom is 0.100 e. The van der Waals surface area contributed by atoms with Gasteiger partial charge in [0.2, 0.25) is 0 Å². The summed E-state index contributed by atoms with van der Waals surface area (Å²) in [7, 11) is 0. The van der Waals surface area contributed by atoms with E-state index < -0.39 is 0 Å². The van der Waals surface area contributed by atoms with Gasteiger partial charge in [0.05, 0.1) is 5.56 Å². The Morgan fingerprint density at radius 1 is 0.593 bits per heavy atom. The second kappa shape index (κ2) is 6.25. The van der Waals surface area contributed by atoms with Gasteiger partial charge in [0.25, 0.3) is 0 Å². The van der Waals surface area contributed by atoms with Gasteiger partial charge in [-0.3, -0.25) is 0 Å². The smallest absolute Gasteiger partial charge is 0.100 e. The van der Waals surface area contributed by atoms with E-state index in [1.54, 1.807) is 0 Å². The van der Waals surface area contributed by atoms with Crippen LogP contribution in [0.25, 0.3) is 32.7 Å². The summed E-state index contributed by atoms with van der Waals surface area (Å²) in [6.07, 6.45) is 0. The molecular weight excluding hydrogens is 326 g/mol. The lowest BCUT2D eigenvalue weighted by Crippen LogP contribution is -1.94. The molecule has 0 N–H and O–H groups in total. The first-order valence-corrected chi connectivity index (χ1v) is 9.35. The molecule has 0 unspecified atom stereocenters. The summed E-state index contributed by atoms with van der Waals surface area (Å²) >= 11 is 0. The van der Waals surface area contributed by atoms with E-state index >= 15 is 0 Å². The van der Waals surface area contributed by atoms with E-state index in [4.69, 9.17) is 0 Å². The molecule has 0 heterocycles. The molecular formula is C26H23N. The van der Waals surface area contributed by atoms with Gasteiger partial charge in [-0.1, -0.05) is 42.0 Å². The van der Waals surface area contributed by atoms with Gasteiger partial charge in [0, 0.05) is 10.8 Å². The molecule has 0 aliphatic rings. The van der Waals surface area contributed by atoms with Crippen LogP contribution in [0.15, 0.2) is 48.5 Å². The Kier molecular flexibility index (Phi) is 4.01. The zero-order chi connectivity index (χ0) is 19.3. The lowest BCUT2D eigenvalue weighted by atomic mass is 9.85. The number of nitriles is 1. The van der Waals surface area contributed by atoms with E-state index in [0.717, 1.165) is 27.1 Å². The highest BCUT2D eigenvalue weighted by atomic mass is 14.3. The van der Waals surface area contributed by atoms with Crippen molar-refractivity contribution >= 4 is 21.5 Å². The highest BCUT2D eigenvalue weighted by Crippen LogP contribution is 2.41. The van der Waals surface area contributed by atoms with Gasteiger partial charge in [-0.15, -0.1) is 0 Å². The number of hydrogen-bond acceptors (Lipinski definition) is 1. The number of benzene rings is 4. The molecule has 0 aliphatic carbocycles. The van der Waals surface area contributed by atoms with Crippen LogP contribution in [0.2, 0.25) is 0 Å². The Bertz CT molecular complexity index is 1180. The van der Waals surface area contributed by atoms with Gasteiger partial charge in [0.1, 0.15) is 6.07 Å². The molecule has 27 heavy (non-hydrogen) atoms. The molecule has 0 bridgehead atoms. The molecule has 0 spiro atoms. The van der Waals surface area contributed by atoms with Gasteiger partial charge < -0.3 is 0 Å². The SMILES string of the molecule is Cc1ccc(-c2c3cc(C)c(C)cc3c(C#N)c3cc(C)c(C)cc23)cc1. The first kappa shape index (κ1) is 17.3. The third-order valence-electron chi connectivity index (χ3n) is 5.80. The van der Waals surface area contributed by atoms with Gasteiger partial charge >= 0.3 is 0 Å². The number of fused-ring (bicyclic) bond motifs is 2. The lowest BCUT2D eigenvalue weighted by Gasteiger charge is -2.17. The largest absolute Gasteiger partial charge is 0.192 e. The molecule has 0 fully saturated rings. The van der Waals surface area contributed by atoms with Crippen molar-refractivity contribution in [1.29, 1.82) is 5.26 Å². The van der Waals surface area contributed by atoms with Gasteiger partial charge in [-0.05, 0) is 90.9 Å². The second-order valence-electron chi connectivity index (χ2n) is 7.69. The van der Waals surface area contributed by atoms with Crippen molar-refractivity contribution in [1.82, 2.24) is 0 Å². The summed E-state index contributed by atoms with van der Waals surface area (Å²) in [5.41, 5.74) is 9.40. The monoisotopic (exact) mass is 349 g/mol. The van der Waals surface area contributed by atoms with Gasteiger partial charge in [-0.2, -0.15) is 5.26 Å². The summed E-state index contributed by atoms with van der Waals surface area (Å²) < 4.78 is 0. The maximum absolute atomic E-state index is 10.0. The predicted molar refractivity (Wildman–Crippen MR) is 115 cm³/mol. The minimum atomic E-state index is 0.780. The van der Waals surface area contributed by atoms with Crippen molar-refractivity contribution in [2.75, 3.05) is 0 Å². The van der Waals surface area contributed by atoms with Crippen molar-refractivity contribution < 1.29 is 0 Å². The molecule has 0 radical (unpaired) electrons. The van der Waals surface area contributed by atoms with Gasteiger partial charge in [-0.25, -0.2) is 0 Å². The number of rotatable bonds is 1. The third-order valence-corrected chi connectivity index (χ3v) is 5.80. The van der Waals surface area contributed by atoms with E-state index in [9.17, 15) is 5.26 Å². The molecule has 4 aromatic carbocycles. The zero-order valence-corrected chi connectivity index (χ0v) is 16.6. The van der Waals surface area contributed by atoms with Crippen LogP contribution in [0.4, 0.5) is 0 Å². The van der Waals surface area contributed by atoms with Crippen LogP contribution in [-0.4, -0.2) is 0 Å². The summed E-state index contributed by atoms with van der Waals surface area (Å²) in [5, 5.41) is 14.4. The molecule has 0 saturated carbocycles. The predicted octanol–water partition coefficient (Wildman–Crippen LogP) is 7.07. The Morgan fingerprint density at radius 2 is 1.00 bits per heavy atom. The molecule has 1 heteroatoms. The Morgan fingerprint density at radius 3 is 1.41 bits per heavy atom. The van der Waals surface area contributed by atoms with Crippen LogP contribution >= 0.6 is 0 Å². The average molecular weight is 349 g/mol. The Hall–Kier alpha value is -3.11. The highest BCUT2D eigenvalue weighted by molar-refractivity contribution is 6.16. The minimum absolute atomic E-state index is 0.780. The topological polar surface area (TPSA) is 23.8 Å². The Balaban J connectivity index is 2.31. The summed E-state index contributed by atoms with van der Waals surface area (Å²) in [6, 6.07) is 20.0. The zero-order valence-electron chi connectivity index (χ0n) is 16.6. The maximum atomic E-state index is 10.0. The first-order chi connectivity index (χ1) is 12.9. The van der Waals surface area contributed by atoms with Crippen molar-refractivity contribution in [3.05, 3.63) is 81.9 Å². The molecule has 1 nitrogen and oxygen atoms in total. The van der Waals surface area contributed by atoms with Crippen LogP contribution < -0.4 is 0 Å². The van der Waals surface area contributed by atoms with Crippen LogP contribution in [0, 0.1) is 45.9 Å². The van der Waals surface area contributed by atoms with Crippen LogP contribution in [0.1, 0.15) is 33.4 Å². The summed E-state index contributed by atoms with van der Waals surface area (Å²) in [5.74, 6) is 0. The standard InChI is InChI=1S/C26H23N/c1-15-6-8-20(9-7-15)26-23-12-18(4)16(2)10-21(23)25(14-27)22-11-17(3)19(5)13-24(22)26/h6-13H,1-5H3. The van der Waals surface area contributed by atoms with Crippen molar-refractivity contribution in [2.45, 2.75) is 34.6 Å². The molecule has 0 aliphatic heterocycles. The Labute approximate surface area is 160 Å². The minimum Gasteiger partial charge on any atom is -0.192 e. The normalized spacial score (nSPS) is 11.1. The number of hydrogen-bond donors (Lipinski definition) is 0. The molecule has 0 amide bonds. The molecule has 0 atom stereocenters. The summed E-state index contributed by atoms with van der Waals surface area (Å²) in [6.45, 7) is 10.6. The van der Waals surface area contributed by atoms with E-state index in [1.807, 2.05) is 0 Å². The van der Waals surface area contributed by atoms with Gasteiger partial charge in [0.15, 0.2) is 0 Å². The van der Waals surface area contributed by atoms with Crippen LogP contribution in [0.5, 0.6) is 0 Å². The summed E-state index contributed by atoms with van der Waals surface area (Å²) in [4.78, 5) is 0. The fraction of sp³-hybridized carbons (Fsp3) is 0.192.